The van der Waals surface area contributed by atoms with Crippen molar-refractivity contribution in [2.45, 2.75) is 6.92 Å². The number of aliphatic hydroxyl groups excluding tert-OH is 1. The molecule has 0 amide bonds. The third-order valence-electron chi connectivity index (χ3n) is 1.83. The monoisotopic (exact) mass is 211 g/mol. The van der Waals surface area contributed by atoms with Crippen molar-refractivity contribution in [3.05, 3.63) is 23.4 Å². The van der Waals surface area contributed by atoms with Crippen molar-refractivity contribution in [1.29, 1.82) is 0 Å². The highest BCUT2D eigenvalue weighted by atomic mass is 16.5. The SMILES string of the molecule is CCNc1cc(OCCO)ccc1N[O-]. The predicted molar refractivity (Wildman–Crippen MR) is 60.2 cm³/mol. The Hall–Kier alpha value is -1.46. The highest BCUT2D eigenvalue weighted by molar-refractivity contribution is 5.71. The van der Waals surface area contributed by atoms with Gasteiger partial charge in [0.1, 0.15) is 12.4 Å². The Morgan fingerprint density at radius 1 is 1.40 bits per heavy atom. The van der Waals surface area contributed by atoms with E-state index in [-0.39, 0.29) is 13.2 Å². The Balaban J connectivity index is 2.79. The van der Waals surface area contributed by atoms with Crippen LogP contribution in [-0.2, 0) is 0 Å². The number of anilines is 2. The molecule has 5 heteroatoms. The van der Waals surface area contributed by atoms with Gasteiger partial charge >= 0.3 is 0 Å². The Bertz CT molecular complexity index is 305. The molecular weight excluding hydrogens is 196 g/mol. The molecule has 84 valence electrons. The second kappa shape index (κ2) is 6.10. The molecule has 0 aromatic heterocycles. The lowest BCUT2D eigenvalue weighted by Crippen LogP contribution is -2.04. The van der Waals surface area contributed by atoms with Gasteiger partial charge in [0.05, 0.1) is 12.3 Å². The van der Waals surface area contributed by atoms with Crippen molar-refractivity contribution in [2.75, 3.05) is 30.6 Å². The van der Waals surface area contributed by atoms with Crippen molar-refractivity contribution in [2.24, 2.45) is 0 Å². The normalized spacial score (nSPS) is 9.80. The summed E-state index contributed by atoms with van der Waals surface area (Å²) in [6, 6.07) is 5.04. The summed E-state index contributed by atoms with van der Waals surface area (Å²) in [6.45, 7) is 2.88. The largest absolute Gasteiger partial charge is 0.761 e. The van der Waals surface area contributed by atoms with Crippen molar-refractivity contribution in [1.82, 2.24) is 0 Å². The quantitative estimate of drug-likeness (QED) is 0.620. The summed E-state index contributed by atoms with van der Waals surface area (Å²) in [5, 5.41) is 22.2. The molecule has 5 nitrogen and oxygen atoms in total. The zero-order chi connectivity index (χ0) is 11.1. The van der Waals surface area contributed by atoms with Gasteiger partial charge in [-0.3, -0.25) is 0 Å². The molecular formula is C10H15N2O3-. The highest BCUT2D eigenvalue weighted by Crippen LogP contribution is 2.26. The van der Waals surface area contributed by atoms with Crippen molar-refractivity contribution >= 4 is 11.4 Å². The third-order valence-corrected chi connectivity index (χ3v) is 1.83. The lowest BCUT2D eigenvalue weighted by Gasteiger charge is -2.16. The number of benzene rings is 1. The number of ether oxygens (including phenoxy) is 1. The van der Waals surface area contributed by atoms with Crippen molar-refractivity contribution < 1.29 is 9.84 Å². The Morgan fingerprint density at radius 2 is 2.20 bits per heavy atom. The Labute approximate surface area is 88.6 Å². The van der Waals surface area contributed by atoms with E-state index < -0.39 is 0 Å². The molecule has 0 aliphatic carbocycles. The first-order valence-corrected chi connectivity index (χ1v) is 4.81. The standard InChI is InChI=1S/C10H15N2O3/c1-2-11-10-7-8(15-6-5-13)3-4-9(10)12-14/h3-4,7,11-13H,2,5-6H2,1H3/q-1. The minimum atomic E-state index is -0.0297. The van der Waals surface area contributed by atoms with Crippen LogP contribution in [0.5, 0.6) is 5.75 Å². The number of hydrogen-bond acceptors (Lipinski definition) is 5. The average Bonchev–Trinajstić information content (AvgIpc) is 2.27. The minimum absolute atomic E-state index is 0.0297. The van der Waals surface area contributed by atoms with E-state index in [1.54, 1.807) is 18.2 Å². The van der Waals surface area contributed by atoms with E-state index in [1.165, 1.54) is 0 Å². The van der Waals surface area contributed by atoms with E-state index in [4.69, 9.17) is 9.84 Å². The summed E-state index contributed by atoms with van der Waals surface area (Å²) in [7, 11) is 0. The van der Waals surface area contributed by atoms with Crippen LogP contribution in [-0.4, -0.2) is 24.9 Å². The molecule has 15 heavy (non-hydrogen) atoms. The first-order chi connectivity index (χ1) is 7.31. The number of nitrogens with one attached hydrogen (secondary N) is 2. The molecule has 3 N–H and O–H groups in total. The molecule has 0 radical (unpaired) electrons. The first kappa shape index (κ1) is 11.6. The summed E-state index contributed by atoms with van der Waals surface area (Å²) in [6.07, 6.45) is 0. The summed E-state index contributed by atoms with van der Waals surface area (Å²) >= 11 is 0. The predicted octanol–water partition coefficient (Wildman–Crippen LogP) is 1.40. The van der Waals surface area contributed by atoms with E-state index in [9.17, 15) is 5.21 Å². The van der Waals surface area contributed by atoms with Crippen LogP contribution >= 0.6 is 0 Å². The van der Waals surface area contributed by atoms with Gasteiger partial charge in [0.15, 0.2) is 0 Å². The molecule has 0 saturated heterocycles. The van der Waals surface area contributed by atoms with Gasteiger partial charge in [0, 0.05) is 18.3 Å². The van der Waals surface area contributed by atoms with Crippen LogP contribution in [0.1, 0.15) is 6.92 Å². The molecule has 1 aromatic rings. The topological polar surface area (TPSA) is 76.6 Å². The lowest BCUT2D eigenvalue weighted by molar-refractivity contribution is 0.201. The maximum Gasteiger partial charge on any atom is 0.121 e. The van der Waals surface area contributed by atoms with E-state index in [2.05, 4.69) is 5.32 Å². The summed E-state index contributed by atoms with van der Waals surface area (Å²) in [5.41, 5.74) is 3.02. The van der Waals surface area contributed by atoms with Crippen LogP contribution in [0.25, 0.3) is 0 Å². The smallest absolute Gasteiger partial charge is 0.121 e. The van der Waals surface area contributed by atoms with Crippen LogP contribution in [0.2, 0.25) is 0 Å². The minimum Gasteiger partial charge on any atom is -0.761 e. The van der Waals surface area contributed by atoms with Gasteiger partial charge < -0.3 is 25.8 Å². The van der Waals surface area contributed by atoms with E-state index >= 15 is 0 Å². The van der Waals surface area contributed by atoms with Crippen LogP contribution in [0.4, 0.5) is 11.4 Å². The molecule has 0 aliphatic heterocycles. The van der Waals surface area contributed by atoms with Gasteiger partial charge in [-0.25, -0.2) is 0 Å². The molecule has 0 heterocycles. The molecule has 0 bridgehead atoms. The maximum atomic E-state index is 10.6. The fourth-order valence-electron chi connectivity index (χ4n) is 1.20. The highest BCUT2D eigenvalue weighted by Gasteiger charge is 2.00. The summed E-state index contributed by atoms with van der Waals surface area (Å²) < 4.78 is 5.22. The lowest BCUT2D eigenvalue weighted by atomic mass is 10.2. The van der Waals surface area contributed by atoms with Crippen LogP contribution in [0.3, 0.4) is 0 Å². The zero-order valence-corrected chi connectivity index (χ0v) is 8.62. The van der Waals surface area contributed by atoms with Gasteiger partial charge in [-0.1, -0.05) is 0 Å². The molecule has 0 spiro atoms. The summed E-state index contributed by atoms with van der Waals surface area (Å²) in [4.78, 5) is 0. The number of hydrogen-bond donors (Lipinski definition) is 3. The average molecular weight is 211 g/mol. The van der Waals surface area contributed by atoms with Gasteiger partial charge in [-0.2, -0.15) is 0 Å². The Morgan fingerprint density at radius 3 is 2.80 bits per heavy atom. The molecule has 1 rings (SSSR count). The fourth-order valence-corrected chi connectivity index (χ4v) is 1.20. The van der Waals surface area contributed by atoms with E-state index in [0.717, 1.165) is 6.54 Å². The molecule has 0 saturated carbocycles. The number of aliphatic hydroxyl groups is 1. The maximum absolute atomic E-state index is 10.6. The van der Waals surface area contributed by atoms with E-state index in [1.807, 2.05) is 12.4 Å². The first-order valence-electron chi connectivity index (χ1n) is 4.81. The van der Waals surface area contributed by atoms with Gasteiger partial charge in [-0.05, 0) is 19.1 Å². The zero-order valence-electron chi connectivity index (χ0n) is 8.62. The molecule has 0 aliphatic rings. The molecule has 0 atom stereocenters. The van der Waals surface area contributed by atoms with Crippen LogP contribution in [0, 0.1) is 5.21 Å². The fraction of sp³-hybridized carbons (Fsp3) is 0.400. The van der Waals surface area contributed by atoms with Gasteiger partial charge in [-0.15, -0.1) is 0 Å². The van der Waals surface area contributed by atoms with Crippen molar-refractivity contribution in [3.8, 4) is 5.75 Å². The second-order valence-corrected chi connectivity index (χ2v) is 2.91. The van der Waals surface area contributed by atoms with Crippen LogP contribution in [0.15, 0.2) is 18.2 Å². The van der Waals surface area contributed by atoms with Crippen LogP contribution < -0.4 is 15.5 Å². The summed E-state index contributed by atoms with van der Waals surface area (Å²) in [5.74, 6) is 0.624. The number of rotatable bonds is 6. The van der Waals surface area contributed by atoms with E-state index in [0.29, 0.717) is 17.1 Å². The molecule has 0 unspecified atom stereocenters. The Kier molecular flexibility index (Phi) is 4.73. The molecule has 0 fully saturated rings. The second-order valence-electron chi connectivity index (χ2n) is 2.91. The third kappa shape index (κ3) is 3.30. The molecule has 1 aromatic carbocycles. The van der Waals surface area contributed by atoms with Crippen molar-refractivity contribution in [3.63, 3.8) is 0 Å². The van der Waals surface area contributed by atoms with Gasteiger partial charge in [0.2, 0.25) is 0 Å². The van der Waals surface area contributed by atoms with Gasteiger partial charge in [0.25, 0.3) is 0 Å².